The summed E-state index contributed by atoms with van der Waals surface area (Å²) in [5, 5.41) is 14.0. The molecular formula is C25H20ClN3O7. The monoisotopic (exact) mass is 509 g/mol. The fourth-order valence-corrected chi connectivity index (χ4v) is 4.78. The Morgan fingerprint density at radius 2 is 1.56 bits per heavy atom. The Labute approximate surface area is 210 Å². The molecule has 2 fully saturated rings. The van der Waals surface area contributed by atoms with Crippen molar-refractivity contribution in [2.24, 2.45) is 5.92 Å². The highest BCUT2D eigenvalue weighted by Gasteiger charge is 2.61. The lowest BCUT2D eigenvalue weighted by atomic mass is 9.89. The van der Waals surface area contributed by atoms with Gasteiger partial charge in [0.2, 0.25) is 5.91 Å². The van der Waals surface area contributed by atoms with Crippen molar-refractivity contribution in [3.63, 3.8) is 0 Å². The number of halogens is 1. The summed E-state index contributed by atoms with van der Waals surface area (Å²) in [6.45, 7) is 0. The zero-order valence-electron chi connectivity index (χ0n) is 19.2. The van der Waals surface area contributed by atoms with Gasteiger partial charge in [-0.2, -0.15) is 0 Å². The molecule has 36 heavy (non-hydrogen) atoms. The summed E-state index contributed by atoms with van der Waals surface area (Å²) in [5.41, 5.74) is 0.708. The van der Waals surface area contributed by atoms with Crippen molar-refractivity contribution in [2.45, 2.75) is 12.1 Å². The molecular weight excluding hydrogens is 490 g/mol. The number of nitro groups is 1. The molecule has 0 spiro atoms. The molecule has 5 rings (SSSR count). The number of hydroxylamine groups is 1. The number of rotatable bonds is 6. The van der Waals surface area contributed by atoms with Crippen LogP contribution in [0.5, 0.6) is 11.5 Å². The number of amides is 2. The summed E-state index contributed by atoms with van der Waals surface area (Å²) in [6, 6.07) is 16.7. The molecule has 3 atom stereocenters. The molecule has 10 nitrogen and oxygen atoms in total. The van der Waals surface area contributed by atoms with Crippen LogP contribution < -0.4 is 19.4 Å². The Bertz CT molecular complexity index is 1350. The molecule has 2 aliphatic heterocycles. The van der Waals surface area contributed by atoms with E-state index in [0.29, 0.717) is 16.4 Å². The summed E-state index contributed by atoms with van der Waals surface area (Å²) >= 11 is 5.97. The molecule has 3 aromatic rings. The molecule has 0 bridgehead atoms. The van der Waals surface area contributed by atoms with E-state index in [4.69, 9.17) is 25.9 Å². The van der Waals surface area contributed by atoms with Crippen molar-refractivity contribution >= 4 is 40.5 Å². The van der Waals surface area contributed by atoms with Crippen molar-refractivity contribution in [3.8, 4) is 11.5 Å². The van der Waals surface area contributed by atoms with Gasteiger partial charge in [-0.1, -0.05) is 29.8 Å². The summed E-state index contributed by atoms with van der Waals surface area (Å²) in [6.07, 6.45) is -1.19. The standard InChI is InChI=1S/C25H20ClN3O7/c1-34-19-12-17(18(29(32)33)13-20(19)35-2)22-21-23(36-28(22)16-6-4-3-5-7-16)25(31)27(24(21)30)15-10-8-14(26)9-11-15/h3-13,21-23H,1-2H3/t21-,22-,23+/m1/s1. The van der Waals surface area contributed by atoms with Crippen molar-refractivity contribution < 1.29 is 28.8 Å². The molecule has 0 unspecified atom stereocenters. The number of benzene rings is 3. The molecule has 184 valence electrons. The second-order valence-corrected chi connectivity index (χ2v) is 8.61. The number of anilines is 2. The third kappa shape index (κ3) is 3.71. The largest absolute Gasteiger partial charge is 0.493 e. The Morgan fingerprint density at radius 3 is 2.17 bits per heavy atom. The fourth-order valence-electron chi connectivity index (χ4n) is 4.65. The number of hydrogen-bond donors (Lipinski definition) is 0. The lowest BCUT2D eigenvalue weighted by Crippen LogP contribution is -2.37. The molecule has 0 saturated carbocycles. The Kier molecular flexibility index (Phi) is 5.99. The van der Waals surface area contributed by atoms with E-state index in [1.165, 1.54) is 31.4 Å². The highest BCUT2D eigenvalue weighted by atomic mass is 35.5. The van der Waals surface area contributed by atoms with Crippen LogP contribution in [0.1, 0.15) is 11.6 Å². The molecule has 0 aromatic heterocycles. The number of imide groups is 1. The van der Waals surface area contributed by atoms with Gasteiger partial charge in [-0.3, -0.25) is 24.5 Å². The van der Waals surface area contributed by atoms with Gasteiger partial charge >= 0.3 is 0 Å². The van der Waals surface area contributed by atoms with Gasteiger partial charge in [-0.05, 0) is 42.5 Å². The zero-order valence-corrected chi connectivity index (χ0v) is 19.9. The van der Waals surface area contributed by atoms with Crippen LogP contribution in [0.2, 0.25) is 5.02 Å². The number of nitrogens with zero attached hydrogens (tertiary/aromatic N) is 3. The molecule has 0 N–H and O–H groups in total. The molecule has 11 heteroatoms. The van der Waals surface area contributed by atoms with E-state index in [1.807, 2.05) is 0 Å². The Balaban J connectivity index is 1.68. The quantitative estimate of drug-likeness (QED) is 0.274. The maximum Gasteiger partial charge on any atom is 0.278 e. The minimum atomic E-state index is -1.19. The minimum absolute atomic E-state index is 0.146. The number of para-hydroxylation sites is 1. The molecule has 0 aliphatic carbocycles. The second kappa shape index (κ2) is 9.14. The van der Waals surface area contributed by atoms with Crippen molar-refractivity contribution in [3.05, 3.63) is 87.4 Å². The predicted octanol–water partition coefficient (Wildman–Crippen LogP) is 4.32. The summed E-state index contributed by atoms with van der Waals surface area (Å²) in [4.78, 5) is 45.8. The van der Waals surface area contributed by atoms with Gasteiger partial charge in [0.25, 0.3) is 11.6 Å². The van der Waals surface area contributed by atoms with E-state index in [1.54, 1.807) is 54.6 Å². The van der Waals surface area contributed by atoms with E-state index in [0.717, 1.165) is 4.90 Å². The van der Waals surface area contributed by atoms with Gasteiger partial charge in [0.05, 0.1) is 42.1 Å². The second-order valence-electron chi connectivity index (χ2n) is 8.17. The van der Waals surface area contributed by atoms with Crippen molar-refractivity contribution in [2.75, 3.05) is 24.2 Å². The number of ether oxygens (including phenoxy) is 2. The number of hydrogen-bond acceptors (Lipinski definition) is 8. The first kappa shape index (κ1) is 23.6. The van der Waals surface area contributed by atoms with E-state index in [2.05, 4.69) is 0 Å². The van der Waals surface area contributed by atoms with Crippen LogP contribution in [-0.2, 0) is 14.4 Å². The van der Waals surface area contributed by atoms with Crippen LogP contribution in [0.25, 0.3) is 0 Å². The molecule has 2 aliphatic rings. The van der Waals surface area contributed by atoms with Gasteiger partial charge in [0.15, 0.2) is 17.6 Å². The van der Waals surface area contributed by atoms with Crippen LogP contribution in [0, 0.1) is 16.0 Å². The average molecular weight is 510 g/mol. The van der Waals surface area contributed by atoms with Gasteiger partial charge in [0, 0.05) is 5.02 Å². The fraction of sp³-hybridized carbons (Fsp3) is 0.200. The third-order valence-electron chi connectivity index (χ3n) is 6.26. The molecule has 2 amide bonds. The number of methoxy groups -OCH3 is 2. The van der Waals surface area contributed by atoms with Crippen LogP contribution in [-0.4, -0.2) is 37.1 Å². The minimum Gasteiger partial charge on any atom is -0.493 e. The van der Waals surface area contributed by atoms with Gasteiger partial charge < -0.3 is 9.47 Å². The summed E-state index contributed by atoms with van der Waals surface area (Å²) in [7, 11) is 2.78. The first-order valence-electron chi connectivity index (χ1n) is 10.9. The van der Waals surface area contributed by atoms with Crippen molar-refractivity contribution in [1.82, 2.24) is 0 Å². The third-order valence-corrected chi connectivity index (χ3v) is 6.51. The molecule has 2 heterocycles. The highest BCUT2D eigenvalue weighted by Crippen LogP contribution is 2.51. The van der Waals surface area contributed by atoms with Crippen LogP contribution in [0.3, 0.4) is 0 Å². The first-order valence-corrected chi connectivity index (χ1v) is 11.3. The number of fused-ring (bicyclic) bond motifs is 1. The lowest BCUT2D eigenvalue weighted by Gasteiger charge is -2.29. The zero-order chi connectivity index (χ0) is 25.6. The van der Waals surface area contributed by atoms with Crippen LogP contribution >= 0.6 is 11.6 Å². The highest BCUT2D eigenvalue weighted by molar-refractivity contribution is 6.31. The van der Waals surface area contributed by atoms with E-state index < -0.39 is 34.8 Å². The molecule has 0 radical (unpaired) electrons. The SMILES string of the molecule is COc1cc([C@@H]2[C@H]3C(=O)N(c4ccc(Cl)cc4)C(=O)[C@H]3ON2c2ccccc2)c([N+](=O)[O-])cc1OC. The topological polar surface area (TPSA) is 111 Å². The van der Waals surface area contributed by atoms with Gasteiger partial charge in [0.1, 0.15) is 12.0 Å². The number of nitro benzene ring substituents is 1. The molecule has 2 saturated heterocycles. The smallest absolute Gasteiger partial charge is 0.278 e. The number of carbonyl (C=O) groups is 2. The van der Waals surface area contributed by atoms with Gasteiger partial charge in [-0.25, -0.2) is 9.96 Å². The van der Waals surface area contributed by atoms with Crippen LogP contribution in [0.15, 0.2) is 66.7 Å². The van der Waals surface area contributed by atoms with Crippen LogP contribution in [0.4, 0.5) is 17.1 Å². The Morgan fingerprint density at radius 1 is 0.917 bits per heavy atom. The van der Waals surface area contributed by atoms with Crippen molar-refractivity contribution in [1.29, 1.82) is 0 Å². The average Bonchev–Trinajstić information content (AvgIpc) is 3.40. The normalized spacial score (nSPS) is 21.0. The summed E-state index contributed by atoms with van der Waals surface area (Å²) < 4.78 is 10.6. The predicted molar refractivity (Wildman–Crippen MR) is 130 cm³/mol. The number of carbonyl (C=O) groups excluding carboxylic acids is 2. The lowest BCUT2D eigenvalue weighted by molar-refractivity contribution is -0.385. The first-order chi connectivity index (χ1) is 17.3. The van der Waals surface area contributed by atoms with E-state index >= 15 is 0 Å². The maximum absolute atomic E-state index is 13.7. The Hall–Kier alpha value is -4.15. The molecule has 3 aromatic carbocycles. The maximum atomic E-state index is 13.7. The van der Waals surface area contributed by atoms with E-state index in [-0.39, 0.29) is 22.7 Å². The van der Waals surface area contributed by atoms with Gasteiger partial charge in [-0.15, -0.1) is 0 Å². The summed E-state index contributed by atoms with van der Waals surface area (Å²) in [5.74, 6) is -1.78. The van der Waals surface area contributed by atoms with E-state index in [9.17, 15) is 19.7 Å².